The largest absolute Gasteiger partial charge is 0.481 e. The number of hydrogen-bond donors (Lipinski definition) is 2. The lowest BCUT2D eigenvalue weighted by molar-refractivity contribution is -0.147. The van der Waals surface area contributed by atoms with Crippen LogP contribution in [-0.4, -0.2) is 22.2 Å². The predicted octanol–water partition coefficient (Wildman–Crippen LogP) is 6.08. The van der Waals surface area contributed by atoms with Gasteiger partial charge in [-0.3, -0.25) is 4.79 Å². The molecule has 0 radical (unpaired) electrons. The van der Waals surface area contributed by atoms with Crippen LogP contribution in [-0.2, 0) is 9.59 Å². The summed E-state index contributed by atoms with van der Waals surface area (Å²) in [4.78, 5) is 23.3. The fourth-order valence-corrected chi connectivity index (χ4v) is 3.38. The van der Waals surface area contributed by atoms with Gasteiger partial charge >= 0.3 is 11.9 Å². The lowest BCUT2D eigenvalue weighted by Crippen LogP contribution is -2.38. The summed E-state index contributed by atoms with van der Waals surface area (Å²) in [7, 11) is 0. The monoisotopic (exact) mass is 386 g/mol. The molecule has 0 aromatic carbocycles. The fraction of sp³-hybridized carbons (Fsp3) is 0.500. The summed E-state index contributed by atoms with van der Waals surface area (Å²) < 4.78 is 0. The Balaban J connectivity index is 2.72. The minimum Gasteiger partial charge on any atom is -0.481 e. The number of carbonyl (C=O) groups is 2. The molecule has 2 N–H and O–H groups in total. The molecule has 4 nitrogen and oxygen atoms in total. The molecular weight excluding hydrogens is 352 g/mol. The zero-order chi connectivity index (χ0) is 21.3. The Morgan fingerprint density at radius 3 is 2.11 bits per heavy atom. The van der Waals surface area contributed by atoms with Crippen LogP contribution in [0.2, 0.25) is 0 Å². The van der Waals surface area contributed by atoms with Crippen molar-refractivity contribution in [2.75, 3.05) is 0 Å². The highest BCUT2D eigenvalue weighted by Crippen LogP contribution is 2.40. The molecule has 0 bridgehead atoms. The second-order valence-electron chi connectivity index (χ2n) is 8.12. The second-order valence-corrected chi connectivity index (χ2v) is 8.12. The number of aliphatic carboxylic acids is 2. The Labute approximate surface area is 169 Å². The summed E-state index contributed by atoms with van der Waals surface area (Å²) in [5.74, 6) is -2.63. The third-order valence-corrected chi connectivity index (χ3v) is 5.35. The van der Waals surface area contributed by atoms with Crippen molar-refractivity contribution in [2.24, 2.45) is 11.3 Å². The van der Waals surface area contributed by atoms with Crippen LogP contribution in [0.4, 0.5) is 0 Å². The molecule has 0 heterocycles. The molecule has 4 heteroatoms. The van der Waals surface area contributed by atoms with E-state index in [9.17, 15) is 19.8 Å². The Morgan fingerprint density at radius 2 is 1.57 bits per heavy atom. The van der Waals surface area contributed by atoms with E-state index < -0.39 is 23.3 Å². The molecular formula is C24H34O4. The smallest absolute Gasteiger partial charge is 0.331 e. The van der Waals surface area contributed by atoms with E-state index in [-0.39, 0.29) is 5.57 Å². The van der Waals surface area contributed by atoms with Gasteiger partial charge in [0.2, 0.25) is 0 Å². The van der Waals surface area contributed by atoms with Gasteiger partial charge in [-0.2, -0.15) is 0 Å². The maximum Gasteiger partial charge on any atom is 0.331 e. The first-order valence-corrected chi connectivity index (χ1v) is 9.88. The van der Waals surface area contributed by atoms with E-state index in [2.05, 4.69) is 32.9 Å². The van der Waals surface area contributed by atoms with Gasteiger partial charge in [0.05, 0.1) is 5.41 Å². The topological polar surface area (TPSA) is 74.6 Å². The number of hydrogen-bond acceptors (Lipinski definition) is 2. The first-order valence-electron chi connectivity index (χ1n) is 9.88. The van der Waals surface area contributed by atoms with Crippen molar-refractivity contribution in [2.45, 2.75) is 66.7 Å². The summed E-state index contributed by atoms with van der Waals surface area (Å²) in [6.45, 7) is 9.97. The minimum absolute atomic E-state index is 0.159. The second kappa shape index (κ2) is 10.8. The Kier molecular flexibility index (Phi) is 9.17. The molecule has 0 spiro atoms. The standard InChI is InChI=1S/C24H34O4/c1-17(2)9-6-10-18(3)11-7-12-19(4)14-15-21-20(22(25)26)13-8-16-24(21,5)23(27)28/h8-9,11,13-14,16,21H,6-7,10,12,15H2,1-5H3,(H,25,26)(H,27,28). The summed E-state index contributed by atoms with van der Waals surface area (Å²) in [6.07, 6.45) is 15.5. The zero-order valence-corrected chi connectivity index (χ0v) is 17.8. The molecule has 154 valence electrons. The van der Waals surface area contributed by atoms with Crippen molar-refractivity contribution in [1.82, 2.24) is 0 Å². The lowest BCUT2D eigenvalue weighted by Gasteiger charge is -2.33. The quantitative estimate of drug-likeness (QED) is 0.446. The van der Waals surface area contributed by atoms with Crippen LogP contribution in [0.15, 0.2) is 58.7 Å². The van der Waals surface area contributed by atoms with E-state index in [1.165, 1.54) is 23.3 Å². The SMILES string of the molecule is CC(C)=CCCC(C)=CCCC(C)=CCC1C(C(=O)O)=CC=CC1(C)C(=O)O. The van der Waals surface area contributed by atoms with Gasteiger partial charge in [-0.1, -0.05) is 53.2 Å². The molecule has 1 aliphatic carbocycles. The maximum absolute atomic E-state index is 11.8. The summed E-state index contributed by atoms with van der Waals surface area (Å²) in [5.41, 5.74) is 2.82. The van der Waals surface area contributed by atoms with Crippen molar-refractivity contribution in [3.8, 4) is 0 Å². The van der Waals surface area contributed by atoms with E-state index in [0.717, 1.165) is 31.3 Å². The Bertz CT molecular complexity index is 730. The van der Waals surface area contributed by atoms with Gasteiger partial charge in [0.25, 0.3) is 0 Å². The van der Waals surface area contributed by atoms with Gasteiger partial charge in [0, 0.05) is 11.5 Å². The minimum atomic E-state index is -1.21. The number of allylic oxidation sites excluding steroid dienone is 8. The van der Waals surface area contributed by atoms with Gasteiger partial charge in [0.15, 0.2) is 0 Å². The number of carboxylic acid groups (broad SMARTS) is 2. The molecule has 2 unspecified atom stereocenters. The maximum atomic E-state index is 11.8. The van der Waals surface area contributed by atoms with E-state index in [1.807, 2.05) is 13.0 Å². The van der Waals surface area contributed by atoms with E-state index >= 15 is 0 Å². The summed E-state index contributed by atoms with van der Waals surface area (Å²) in [5, 5.41) is 19.1. The Hall–Kier alpha value is -2.36. The predicted molar refractivity (Wildman–Crippen MR) is 114 cm³/mol. The van der Waals surface area contributed by atoms with Gasteiger partial charge < -0.3 is 10.2 Å². The summed E-state index contributed by atoms with van der Waals surface area (Å²) in [6, 6.07) is 0. The molecule has 0 fully saturated rings. The van der Waals surface area contributed by atoms with Crippen LogP contribution in [0.1, 0.15) is 66.7 Å². The molecule has 0 saturated carbocycles. The van der Waals surface area contributed by atoms with Gasteiger partial charge in [0.1, 0.15) is 0 Å². The van der Waals surface area contributed by atoms with Crippen molar-refractivity contribution in [3.63, 3.8) is 0 Å². The average Bonchev–Trinajstić information content (AvgIpc) is 2.59. The van der Waals surface area contributed by atoms with Crippen LogP contribution in [0, 0.1) is 11.3 Å². The van der Waals surface area contributed by atoms with E-state index in [4.69, 9.17) is 0 Å². The summed E-state index contributed by atoms with van der Waals surface area (Å²) >= 11 is 0. The molecule has 1 rings (SSSR count). The van der Waals surface area contributed by atoms with Gasteiger partial charge in [-0.15, -0.1) is 0 Å². The van der Waals surface area contributed by atoms with E-state index in [1.54, 1.807) is 13.0 Å². The van der Waals surface area contributed by atoms with Crippen LogP contribution < -0.4 is 0 Å². The molecule has 0 saturated heterocycles. The van der Waals surface area contributed by atoms with Crippen molar-refractivity contribution in [1.29, 1.82) is 0 Å². The molecule has 0 aromatic rings. The third-order valence-electron chi connectivity index (χ3n) is 5.35. The first-order chi connectivity index (χ1) is 13.1. The van der Waals surface area contributed by atoms with Gasteiger partial charge in [-0.05, 0) is 66.7 Å². The molecule has 1 aliphatic rings. The van der Waals surface area contributed by atoms with Crippen LogP contribution in [0.3, 0.4) is 0 Å². The number of carboxylic acids is 2. The normalized spacial score (nSPS) is 22.6. The third kappa shape index (κ3) is 6.99. The average molecular weight is 387 g/mol. The lowest BCUT2D eigenvalue weighted by atomic mass is 9.68. The molecule has 0 aliphatic heterocycles. The molecule has 28 heavy (non-hydrogen) atoms. The Morgan fingerprint density at radius 1 is 1.00 bits per heavy atom. The van der Waals surface area contributed by atoms with Crippen molar-refractivity contribution < 1.29 is 19.8 Å². The highest BCUT2D eigenvalue weighted by Gasteiger charge is 2.43. The van der Waals surface area contributed by atoms with Crippen LogP contribution in [0.25, 0.3) is 0 Å². The van der Waals surface area contributed by atoms with Crippen molar-refractivity contribution >= 4 is 11.9 Å². The number of rotatable bonds is 10. The highest BCUT2D eigenvalue weighted by molar-refractivity contribution is 5.91. The van der Waals surface area contributed by atoms with Crippen LogP contribution in [0.5, 0.6) is 0 Å². The van der Waals surface area contributed by atoms with E-state index in [0.29, 0.717) is 6.42 Å². The molecule has 2 atom stereocenters. The van der Waals surface area contributed by atoms with Crippen molar-refractivity contribution in [3.05, 3.63) is 58.7 Å². The molecule has 0 amide bonds. The highest BCUT2D eigenvalue weighted by atomic mass is 16.4. The fourth-order valence-electron chi connectivity index (χ4n) is 3.38. The zero-order valence-electron chi connectivity index (χ0n) is 17.8. The first kappa shape index (κ1) is 23.7. The molecule has 0 aromatic heterocycles. The van der Waals surface area contributed by atoms with Crippen LogP contribution >= 0.6 is 0 Å². The van der Waals surface area contributed by atoms with Gasteiger partial charge in [-0.25, -0.2) is 4.79 Å².